The van der Waals surface area contributed by atoms with Crippen LogP contribution >= 0.6 is 23.2 Å². The lowest BCUT2D eigenvalue weighted by molar-refractivity contribution is -0.138. The summed E-state index contributed by atoms with van der Waals surface area (Å²) in [5.74, 6) is -5.93. The molecule has 5 aromatic rings. The average Bonchev–Trinajstić information content (AvgIpc) is 3.62. The molecule has 0 bridgehead atoms. The minimum atomic E-state index is -1.62. The molecule has 2 heterocycles. The number of methoxy groups -OCH3 is 1. The van der Waals surface area contributed by atoms with E-state index < -0.39 is 52.7 Å². The minimum Gasteiger partial charge on any atom is -0.508 e. The number of fused-ring (bicyclic) bond motifs is 4. The molecule has 2 aliphatic carbocycles. The molecule has 58 heavy (non-hydrogen) atoms. The Hall–Kier alpha value is -6.23. The second kappa shape index (κ2) is 14.3. The zero-order valence-electron chi connectivity index (χ0n) is 31.0. The molecule has 290 valence electrons. The van der Waals surface area contributed by atoms with Crippen molar-refractivity contribution in [2.45, 2.75) is 24.2 Å². The number of nitrogens with zero attached hydrogens (tertiary/aromatic N) is 2. The van der Waals surface area contributed by atoms with E-state index in [9.17, 15) is 24.3 Å². The molecular weight excluding hydrogens is 777 g/mol. The Kier molecular flexibility index (Phi) is 9.21. The lowest BCUT2D eigenvalue weighted by Crippen LogP contribution is -2.53. The second-order valence-corrected chi connectivity index (χ2v) is 15.9. The Morgan fingerprint density at radius 2 is 1.48 bits per heavy atom. The number of ketones is 1. The Balaban J connectivity index is 1.16. The number of imide groups is 2. The number of hydrazine groups is 1. The van der Waals surface area contributed by atoms with Gasteiger partial charge in [-0.1, -0.05) is 95.5 Å². The number of benzene rings is 5. The van der Waals surface area contributed by atoms with Gasteiger partial charge in [-0.15, -0.1) is 0 Å². The van der Waals surface area contributed by atoms with Crippen molar-refractivity contribution < 1.29 is 33.8 Å². The molecule has 6 unspecified atom stereocenters. The SMILES string of the molecule is COc1ccc(C23C(=O)N(Nc4ccc(Cl)cc4Cl)C(=O)C2CC2C(=CCC4C(=O)N(c5ccc(C(=O)c6ccccc6)cc5)C(=O)C42)C3c2ccccc2O)cc1. The summed E-state index contributed by atoms with van der Waals surface area (Å²) in [5, 5.41) is 13.1. The van der Waals surface area contributed by atoms with E-state index in [1.165, 1.54) is 24.1 Å². The molecule has 6 atom stereocenters. The molecule has 2 N–H and O–H groups in total. The van der Waals surface area contributed by atoms with Crippen LogP contribution in [0.3, 0.4) is 0 Å². The molecular formula is C46H35Cl2N3O7. The quantitative estimate of drug-likeness (QED) is 0.0913. The summed E-state index contributed by atoms with van der Waals surface area (Å²) >= 11 is 12.7. The predicted octanol–water partition coefficient (Wildman–Crippen LogP) is 8.13. The van der Waals surface area contributed by atoms with Crippen molar-refractivity contribution in [3.8, 4) is 11.5 Å². The van der Waals surface area contributed by atoms with Crippen LogP contribution in [0.5, 0.6) is 11.5 Å². The highest BCUT2D eigenvalue weighted by atomic mass is 35.5. The first-order chi connectivity index (χ1) is 28.0. The van der Waals surface area contributed by atoms with Crippen LogP contribution in [0.15, 0.2) is 133 Å². The van der Waals surface area contributed by atoms with Crippen LogP contribution in [-0.2, 0) is 24.6 Å². The molecule has 4 amide bonds. The molecule has 0 aromatic heterocycles. The smallest absolute Gasteiger partial charge is 0.260 e. The van der Waals surface area contributed by atoms with E-state index in [2.05, 4.69) is 5.43 Å². The molecule has 3 fully saturated rings. The molecule has 10 nitrogen and oxygen atoms in total. The fourth-order valence-corrected chi connectivity index (χ4v) is 10.1. The Labute approximate surface area is 343 Å². The standard InChI is InChI=1S/C46H35Cl2N3O7/c1-58-30-18-13-27(14-19-30)46-35(43(55)51(45(46)57)49-37-22-15-28(47)23-36(37)48)24-34-31(40(46)32-9-5-6-10-38(32)52)20-21-33-39(34)44(56)50(42(33)54)29-16-11-26(12-17-29)41(53)25-7-3-2-4-8-25/h2-20,22-23,33-35,39-40,49,52H,21,24H2,1H3. The highest BCUT2D eigenvalue weighted by Gasteiger charge is 2.70. The third-order valence-electron chi connectivity index (χ3n) is 12.3. The van der Waals surface area contributed by atoms with Crippen molar-refractivity contribution in [2.24, 2.45) is 23.7 Å². The van der Waals surface area contributed by atoms with Crippen LogP contribution in [0, 0.1) is 23.7 Å². The minimum absolute atomic E-state index is 0.0532. The van der Waals surface area contributed by atoms with Gasteiger partial charge in [0.2, 0.25) is 11.8 Å². The fraction of sp³-hybridized carbons (Fsp3) is 0.196. The number of para-hydroxylation sites is 1. The number of halogens is 2. The number of rotatable bonds is 8. The summed E-state index contributed by atoms with van der Waals surface area (Å²) in [7, 11) is 1.53. The number of hydrogen-bond donors (Lipinski definition) is 2. The van der Waals surface area contributed by atoms with E-state index in [1.54, 1.807) is 103 Å². The highest BCUT2D eigenvalue weighted by molar-refractivity contribution is 6.36. The van der Waals surface area contributed by atoms with Gasteiger partial charge < -0.3 is 9.84 Å². The Bertz CT molecular complexity index is 2560. The molecule has 1 saturated carbocycles. The maximum absolute atomic E-state index is 15.4. The number of amides is 4. The maximum atomic E-state index is 15.4. The van der Waals surface area contributed by atoms with Gasteiger partial charge in [0.15, 0.2) is 5.78 Å². The molecule has 4 aliphatic rings. The van der Waals surface area contributed by atoms with E-state index in [0.717, 1.165) is 5.01 Å². The lowest BCUT2D eigenvalue weighted by atomic mass is 9.49. The van der Waals surface area contributed by atoms with Gasteiger partial charge in [0, 0.05) is 27.6 Å². The summed E-state index contributed by atoms with van der Waals surface area (Å²) in [6.07, 6.45) is 2.17. The Morgan fingerprint density at radius 1 is 0.793 bits per heavy atom. The number of phenols is 1. The van der Waals surface area contributed by atoms with Crippen molar-refractivity contribution in [3.63, 3.8) is 0 Å². The summed E-state index contributed by atoms with van der Waals surface area (Å²) in [5.41, 5.74) is 4.49. The summed E-state index contributed by atoms with van der Waals surface area (Å²) < 4.78 is 5.46. The first-order valence-electron chi connectivity index (χ1n) is 18.8. The summed E-state index contributed by atoms with van der Waals surface area (Å²) in [6.45, 7) is 0. The monoisotopic (exact) mass is 811 g/mol. The Morgan fingerprint density at radius 3 is 2.17 bits per heavy atom. The number of allylic oxidation sites excluding steroid dienone is 2. The van der Waals surface area contributed by atoms with Crippen LogP contribution in [0.25, 0.3) is 0 Å². The van der Waals surface area contributed by atoms with Crippen LogP contribution in [0.2, 0.25) is 10.0 Å². The topological polar surface area (TPSA) is 133 Å². The van der Waals surface area contributed by atoms with Gasteiger partial charge in [-0.3, -0.25) is 34.3 Å². The van der Waals surface area contributed by atoms with Crippen molar-refractivity contribution >= 4 is 64.0 Å². The molecule has 0 radical (unpaired) electrons. The number of hydrogen-bond acceptors (Lipinski definition) is 8. The van der Waals surface area contributed by atoms with Crippen LogP contribution in [-0.4, -0.2) is 46.6 Å². The van der Waals surface area contributed by atoms with Crippen molar-refractivity contribution in [1.29, 1.82) is 0 Å². The van der Waals surface area contributed by atoms with Gasteiger partial charge in [0.25, 0.3) is 11.8 Å². The van der Waals surface area contributed by atoms with E-state index in [1.807, 2.05) is 12.1 Å². The first kappa shape index (κ1) is 37.4. The van der Waals surface area contributed by atoms with Crippen LogP contribution in [0.1, 0.15) is 45.8 Å². The molecule has 0 spiro atoms. The van der Waals surface area contributed by atoms with Gasteiger partial charge in [0.1, 0.15) is 11.5 Å². The highest BCUT2D eigenvalue weighted by Crippen LogP contribution is 2.65. The molecule has 2 saturated heterocycles. The number of aromatic hydroxyl groups is 1. The van der Waals surface area contributed by atoms with Gasteiger partial charge in [-0.25, -0.2) is 0 Å². The number of carbonyl (C=O) groups excluding carboxylic acids is 5. The van der Waals surface area contributed by atoms with Crippen molar-refractivity contribution in [2.75, 3.05) is 17.4 Å². The third kappa shape index (κ3) is 5.65. The first-order valence-corrected chi connectivity index (χ1v) is 19.6. The largest absolute Gasteiger partial charge is 0.508 e. The number of phenolic OH excluding ortho intramolecular Hbond substituents is 1. The molecule has 2 aliphatic heterocycles. The summed E-state index contributed by atoms with van der Waals surface area (Å²) in [4.78, 5) is 73.7. The van der Waals surface area contributed by atoms with Gasteiger partial charge in [-0.05, 0) is 85.0 Å². The predicted molar refractivity (Wildman–Crippen MR) is 218 cm³/mol. The van der Waals surface area contributed by atoms with Gasteiger partial charge in [0.05, 0.1) is 46.7 Å². The maximum Gasteiger partial charge on any atom is 0.260 e. The zero-order valence-corrected chi connectivity index (χ0v) is 32.5. The van der Waals surface area contributed by atoms with E-state index in [-0.39, 0.29) is 41.0 Å². The third-order valence-corrected chi connectivity index (χ3v) is 12.8. The number of ether oxygens (including phenoxy) is 1. The lowest BCUT2D eigenvalue weighted by Gasteiger charge is -2.50. The van der Waals surface area contributed by atoms with Gasteiger partial charge in [-0.2, -0.15) is 5.01 Å². The molecule has 5 aromatic carbocycles. The normalized spacial score (nSPS) is 24.9. The van der Waals surface area contributed by atoms with E-state index in [0.29, 0.717) is 44.3 Å². The van der Waals surface area contributed by atoms with Crippen molar-refractivity contribution in [3.05, 3.63) is 165 Å². The van der Waals surface area contributed by atoms with E-state index >= 15 is 4.79 Å². The zero-order chi connectivity index (χ0) is 40.5. The average molecular weight is 813 g/mol. The van der Waals surface area contributed by atoms with Crippen molar-refractivity contribution in [1.82, 2.24) is 5.01 Å². The fourth-order valence-electron chi connectivity index (χ4n) is 9.69. The van der Waals surface area contributed by atoms with Gasteiger partial charge >= 0.3 is 0 Å². The number of nitrogens with one attached hydrogen (secondary N) is 1. The summed E-state index contributed by atoms with van der Waals surface area (Å²) in [6, 6.07) is 33.5. The van der Waals surface area contributed by atoms with Crippen LogP contribution < -0.4 is 15.1 Å². The number of carbonyl (C=O) groups is 5. The van der Waals surface area contributed by atoms with Crippen LogP contribution in [0.4, 0.5) is 11.4 Å². The number of anilines is 2. The molecule has 12 heteroatoms. The van der Waals surface area contributed by atoms with E-state index in [4.69, 9.17) is 27.9 Å². The second-order valence-electron chi connectivity index (χ2n) is 15.0. The molecule has 9 rings (SSSR count).